The smallest absolute Gasteiger partial charge is 0.323 e. The number of aromatic nitrogens is 4. The van der Waals surface area contributed by atoms with Gasteiger partial charge < -0.3 is 15.3 Å². The minimum absolute atomic E-state index is 0.158. The van der Waals surface area contributed by atoms with Gasteiger partial charge in [-0.15, -0.1) is 5.10 Å². The van der Waals surface area contributed by atoms with Gasteiger partial charge in [-0.05, 0) is 49.5 Å². The number of aromatic amines is 2. The lowest BCUT2D eigenvalue weighted by atomic mass is 10.2. The lowest BCUT2D eigenvalue weighted by Crippen LogP contribution is -2.22. The van der Waals surface area contributed by atoms with Gasteiger partial charge >= 0.3 is 5.69 Å². The maximum Gasteiger partial charge on any atom is 0.323 e. The maximum absolute atomic E-state index is 12.6. The summed E-state index contributed by atoms with van der Waals surface area (Å²) in [6, 6.07) is 14.9. The molecule has 0 saturated carbocycles. The van der Waals surface area contributed by atoms with E-state index in [1.165, 1.54) is 23.1 Å². The molecule has 3 N–H and O–H groups in total. The highest BCUT2D eigenvalue weighted by molar-refractivity contribution is 8.02. The van der Waals surface area contributed by atoms with Gasteiger partial charge in [0.1, 0.15) is 0 Å². The highest BCUT2D eigenvalue weighted by Gasteiger charge is 2.18. The lowest BCUT2D eigenvalue weighted by molar-refractivity contribution is -0.115. The summed E-state index contributed by atoms with van der Waals surface area (Å²) in [6.07, 6.45) is 0. The molecule has 0 aliphatic heterocycles. The minimum atomic E-state index is -0.370. The Labute approximate surface area is 172 Å². The van der Waals surface area contributed by atoms with Gasteiger partial charge in [-0.25, -0.2) is 9.48 Å². The fraction of sp³-hybridized carbons (Fsp3) is 0.111. The molecular formula is C18H15N5O2S3. The number of rotatable bonds is 5. The van der Waals surface area contributed by atoms with Crippen LogP contribution in [0, 0.1) is 3.95 Å². The fourth-order valence-electron chi connectivity index (χ4n) is 2.60. The van der Waals surface area contributed by atoms with Crippen LogP contribution in [-0.4, -0.2) is 30.9 Å². The van der Waals surface area contributed by atoms with Crippen LogP contribution in [-0.2, 0) is 4.79 Å². The number of carbonyl (C=O) groups is 1. The van der Waals surface area contributed by atoms with Crippen LogP contribution >= 0.6 is 35.3 Å². The van der Waals surface area contributed by atoms with Crippen LogP contribution in [0.1, 0.15) is 6.92 Å². The molecule has 28 heavy (non-hydrogen) atoms. The van der Waals surface area contributed by atoms with Crippen molar-refractivity contribution in [2.75, 3.05) is 5.32 Å². The first kappa shape index (κ1) is 18.7. The van der Waals surface area contributed by atoms with Crippen LogP contribution in [0.2, 0.25) is 0 Å². The number of nitrogens with zero attached hydrogens (tertiary/aromatic N) is 2. The van der Waals surface area contributed by atoms with E-state index >= 15 is 0 Å². The SMILES string of the molecule is CC(Sc1nn(-c2ccccc2)c(=S)s1)C(=O)Nc1ccc2[nH]c(=O)[nH]c2c1. The molecule has 142 valence electrons. The third kappa shape index (κ3) is 3.93. The van der Waals surface area contributed by atoms with Crippen LogP contribution in [0.4, 0.5) is 5.69 Å². The van der Waals surface area contributed by atoms with E-state index in [0.29, 0.717) is 20.7 Å². The second-order valence-electron chi connectivity index (χ2n) is 5.97. The number of imidazole rings is 1. The topological polar surface area (TPSA) is 95.6 Å². The molecule has 1 amide bonds. The molecule has 0 bridgehead atoms. The summed E-state index contributed by atoms with van der Waals surface area (Å²) in [5.74, 6) is -0.158. The molecule has 2 aromatic heterocycles. The molecular weight excluding hydrogens is 414 g/mol. The summed E-state index contributed by atoms with van der Waals surface area (Å²) in [6.45, 7) is 1.81. The van der Waals surface area contributed by atoms with Crippen molar-refractivity contribution in [1.82, 2.24) is 19.7 Å². The third-order valence-corrected chi connectivity index (χ3v) is 6.38. The number of thioether (sulfide) groups is 1. The summed E-state index contributed by atoms with van der Waals surface area (Å²) < 4.78 is 3.05. The highest BCUT2D eigenvalue weighted by atomic mass is 32.2. The van der Waals surface area contributed by atoms with E-state index in [1.807, 2.05) is 37.3 Å². The molecule has 0 saturated heterocycles. The first-order valence-electron chi connectivity index (χ1n) is 8.35. The van der Waals surface area contributed by atoms with Crippen molar-refractivity contribution >= 4 is 57.9 Å². The van der Waals surface area contributed by atoms with E-state index in [0.717, 1.165) is 10.0 Å². The fourth-order valence-corrected chi connectivity index (χ4v) is 5.11. The molecule has 0 spiro atoms. The summed E-state index contributed by atoms with van der Waals surface area (Å²) >= 11 is 8.12. The Hall–Kier alpha value is -2.69. The van der Waals surface area contributed by atoms with Gasteiger partial charge in [-0.2, -0.15) is 0 Å². The zero-order chi connectivity index (χ0) is 19.7. The zero-order valence-corrected chi connectivity index (χ0v) is 17.1. The number of benzene rings is 2. The van der Waals surface area contributed by atoms with Crippen molar-refractivity contribution in [2.45, 2.75) is 16.5 Å². The molecule has 0 radical (unpaired) electrons. The van der Waals surface area contributed by atoms with Crippen LogP contribution in [0.25, 0.3) is 16.7 Å². The molecule has 0 aliphatic carbocycles. The molecule has 4 aromatic rings. The molecule has 2 heterocycles. The van der Waals surface area contributed by atoms with Gasteiger partial charge in [-0.1, -0.05) is 41.3 Å². The van der Waals surface area contributed by atoms with Crippen LogP contribution < -0.4 is 11.0 Å². The Morgan fingerprint density at radius 3 is 2.75 bits per heavy atom. The summed E-state index contributed by atoms with van der Waals surface area (Å²) in [4.78, 5) is 29.2. The van der Waals surface area contributed by atoms with Crippen molar-refractivity contribution in [2.24, 2.45) is 0 Å². The van der Waals surface area contributed by atoms with Crippen molar-refractivity contribution in [3.63, 3.8) is 0 Å². The van der Waals surface area contributed by atoms with Crippen molar-refractivity contribution in [1.29, 1.82) is 0 Å². The molecule has 1 atom stereocenters. The lowest BCUT2D eigenvalue weighted by Gasteiger charge is -2.10. The Kier molecular flexibility index (Phi) is 5.16. The van der Waals surface area contributed by atoms with Crippen molar-refractivity contribution in [3.8, 4) is 5.69 Å². The number of carbonyl (C=O) groups excluding carboxylic acids is 1. The monoisotopic (exact) mass is 429 g/mol. The number of hydrogen-bond acceptors (Lipinski definition) is 6. The third-order valence-electron chi connectivity index (χ3n) is 3.96. The molecule has 4 rings (SSSR count). The summed E-state index contributed by atoms with van der Waals surface area (Å²) in [7, 11) is 0. The van der Waals surface area contributed by atoms with Gasteiger partial charge in [0.15, 0.2) is 8.29 Å². The second-order valence-corrected chi connectivity index (χ2v) is 9.18. The largest absolute Gasteiger partial charge is 0.325 e. The molecule has 2 aromatic carbocycles. The van der Waals surface area contributed by atoms with Crippen LogP contribution in [0.3, 0.4) is 0 Å². The van der Waals surface area contributed by atoms with Crippen LogP contribution in [0.15, 0.2) is 57.7 Å². The maximum atomic E-state index is 12.6. The second kappa shape index (κ2) is 7.74. The molecule has 1 unspecified atom stereocenters. The molecule has 10 heteroatoms. The van der Waals surface area contributed by atoms with E-state index in [-0.39, 0.29) is 16.8 Å². The number of nitrogens with one attached hydrogen (secondary N) is 3. The number of para-hydroxylation sites is 1. The predicted molar refractivity (Wildman–Crippen MR) is 115 cm³/mol. The normalized spacial score (nSPS) is 12.2. The van der Waals surface area contributed by atoms with Gasteiger partial charge in [0, 0.05) is 5.69 Å². The molecule has 7 nitrogen and oxygen atoms in total. The number of H-pyrrole nitrogens is 2. The number of amides is 1. The average molecular weight is 430 g/mol. The standard InChI is InChI=1S/C18H15N5O2S3/c1-10(15(24)19-11-7-8-13-14(9-11)21-16(25)20-13)27-17-22-23(18(26)28-17)12-5-3-2-4-6-12/h2-10H,1H3,(H,19,24)(H2,20,21,25). The van der Waals surface area contributed by atoms with E-state index in [2.05, 4.69) is 20.4 Å². The van der Waals surface area contributed by atoms with E-state index in [4.69, 9.17) is 12.2 Å². The number of hydrogen-bond donors (Lipinski definition) is 3. The van der Waals surface area contributed by atoms with Crippen molar-refractivity contribution in [3.05, 3.63) is 63.0 Å². The highest BCUT2D eigenvalue weighted by Crippen LogP contribution is 2.28. The summed E-state index contributed by atoms with van der Waals surface area (Å²) in [5, 5.41) is 7.02. The van der Waals surface area contributed by atoms with Gasteiger partial charge in [0.05, 0.1) is 22.0 Å². The van der Waals surface area contributed by atoms with E-state index < -0.39 is 0 Å². The Morgan fingerprint density at radius 2 is 1.96 bits per heavy atom. The number of fused-ring (bicyclic) bond motifs is 1. The molecule has 0 fully saturated rings. The van der Waals surface area contributed by atoms with Crippen molar-refractivity contribution < 1.29 is 4.79 Å². The first-order valence-corrected chi connectivity index (χ1v) is 10.5. The number of anilines is 1. The molecule has 0 aliphatic rings. The minimum Gasteiger partial charge on any atom is -0.325 e. The van der Waals surface area contributed by atoms with Gasteiger partial charge in [0.25, 0.3) is 0 Å². The predicted octanol–water partition coefficient (Wildman–Crippen LogP) is 3.95. The van der Waals surface area contributed by atoms with E-state index in [1.54, 1.807) is 22.9 Å². The first-order chi connectivity index (χ1) is 13.5. The van der Waals surface area contributed by atoms with Gasteiger partial charge in [0.2, 0.25) is 5.91 Å². The van der Waals surface area contributed by atoms with E-state index in [9.17, 15) is 9.59 Å². The van der Waals surface area contributed by atoms with Crippen LogP contribution in [0.5, 0.6) is 0 Å². The van der Waals surface area contributed by atoms with Gasteiger partial charge in [-0.3, -0.25) is 4.79 Å². The Morgan fingerprint density at radius 1 is 1.21 bits per heavy atom. The zero-order valence-electron chi connectivity index (χ0n) is 14.6. The summed E-state index contributed by atoms with van der Waals surface area (Å²) in [5.41, 5.74) is 2.56. The average Bonchev–Trinajstić information content (AvgIpc) is 3.23. The Bertz CT molecular complexity index is 1260. The quantitative estimate of drug-likeness (QED) is 0.330. The Balaban J connectivity index is 1.47.